The van der Waals surface area contributed by atoms with Gasteiger partial charge in [-0.25, -0.2) is 0 Å². The molecule has 0 unspecified atom stereocenters. The number of hydrogen-bond acceptors (Lipinski definition) is 3. The molecule has 0 amide bonds. The summed E-state index contributed by atoms with van der Waals surface area (Å²) in [5.41, 5.74) is 3.29. The number of nitrogens with zero attached hydrogens (tertiary/aromatic N) is 1. The maximum atomic E-state index is 11.5. The molecule has 0 N–H and O–H groups in total. The van der Waals surface area contributed by atoms with Crippen LogP contribution in [0.5, 0.6) is 0 Å². The Morgan fingerprint density at radius 1 is 1.19 bits per heavy atom. The highest BCUT2D eigenvalue weighted by Gasteiger charge is 2.17. The van der Waals surface area contributed by atoms with Gasteiger partial charge in [0.05, 0.1) is 5.56 Å². The van der Waals surface area contributed by atoms with E-state index in [0.29, 0.717) is 17.0 Å². The Kier molecular flexibility index (Phi) is 2.60. The van der Waals surface area contributed by atoms with Crippen LogP contribution in [0.3, 0.4) is 0 Å². The quantitative estimate of drug-likeness (QED) is 0.723. The zero-order valence-electron chi connectivity index (χ0n) is 9.57. The van der Waals surface area contributed by atoms with E-state index in [9.17, 15) is 4.79 Å². The van der Waals surface area contributed by atoms with Crippen LogP contribution in [0.2, 0.25) is 0 Å². The molecule has 1 aromatic carbocycles. The smallest absolute Gasteiger partial charge is 0.165 e. The number of benzene rings is 1. The summed E-state index contributed by atoms with van der Waals surface area (Å²) < 4.78 is 5.07. The van der Waals surface area contributed by atoms with E-state index >= 15 is 0 Å². The zero-order chi connectivity index (χ0) is 11.7. The Morgan fingerprint density at radius 2 is 1.81 bits per heavy atom. The molecule has 0 radical (unpaired) electrons. The van der Waals surface area contributed by atoms with Gasteiger partial charge in [-0.05, 0) is 20.8 Å². The molecule has 1 aromatic heterocycles. The molecular formula is C13H13NO2. The topological polar surface area (TPSA) is 43.1 Å². The minimum absolute atomic E-state index is 0.0191. The fourth-order valence-corrected chi connectivity index (χ4v) is 1.70. The molecule has 3 heteroatoms. The van der Waals surface area contributed by atoms with Crippen LogP contribution in [0.1, 0.15) is 28.6 Å². The van der Waals surface area contributed by atoms with E-state index in [1.54, 1.807) is 6.92 Å². The van der Waals surface area contributed by atoms with E-state index in [2.05, 4.69) is 5.16 Å². The summed E-state index contributed by atoms with van der Waals surface area (Å²) in [5, 5.41) is 3.94. The van der Waals surface area contributed by atoms with Crippen LogP contribution >= 0.6 is 0 Å². The second-order valence-corrected chi connectivity index (χ2v) is 3.88. The van der Waals surface area contributed by atoms with Crippen LogP contribution in [-0.4, -0.2) is 10.9 Å². The van der Waals surface area contributed by atoms with Crippen LogP contribution < -0.4 is 0 Å². The van der Waals surface area contributed by atoms with E-state index < -0.39 is 0 Å². The molecule has 0 aliphatic carbocycles. The number of ketones is 1. The van der Waals surface area contributed by atoms with Crippen LogP contribution in [0.15, 0.2) is 28.8 Å². The molecule has 1 heterocycles. The summed E-state index contributed by atoms with van der Waals surface area (Å²) >= 11 is 0. The summed E-state index contributed by atoms with van der Waals surface area (Å²) in [6, 6.07) is 7.87. The predicted molar refractivity (Wildman–Crippen MR) is 61.4 cm³/mol. The minimum atomic E-state index is -0.0191. The summed E-state index contributed by atoms with van der Waals surface area (Å²) in [5.74, 6) is 0.553. The van der Waals surface area contributed by atoms with Crippen molar-refractivity contribution in [2.75, 3.05) is 0 Å². The SMILES string of the molecule is CC(=O)c1c(-c2ccc(C)cc2)noc1C. The zero-order valence-corrected chi connectivity index (χ0v) is 9.57. The first-order chi connectivity index (χ1) is 7.59. The first-order valence-corrected chi connectivity index (χ1v) is 5.14. The number of Topliss-reactive ketones (excluding diaryl/α,β-unsaturated/α-hetero) is 1. The van der Waals surface area contributed by atoms with Gasteiger partial charge in [0.25, 0.3) is 0 Å². The number of hydrogen-bond donors (Lipinski definition) is 0. The maximum Gasteiger partial charge on any atom is 0.165 e. The van der Waals surface area contributed by atoms with Gasteiger partial charge >= 0.3 is 0 Å². The van der Waals surface area contributed by atoms with Crippen molar-refractivity contribution in [3.63, 3.8) is 0 Å². The van der Waals surface area contributed by atoms with Gasteiger partial charge in [0.15, 0.2) is 5.78 Å². The lowest BCUT2D eigenvalue weighted by Crippen LogP contribution is -1.95. The van der Waals surface area contributed by atoms with Gasteiger partial charge in [-0.3, -0.25) is 4.79 Å². The molecule has 3 nitrogen and oxygen atoms in total. The number of aryl methyl sites for hydroxylation is 2. The van der Waals surface area contributed by atoms with Gasteiger partial charge in [-0.1, -0.05) is 35.0 Å². The molecule has 82 valence electrons. The molecule has 0 saturated heterocycles. The van der Waals surface area contributed by atoms with Gasteiger partial charge in [-0.2, -0.15) is 0 Å². The molecule has 2 aromatic rings. The molecule has 0 atom stereocenters. The third-order valence-corrected chi connectivity index (χ3v) is 2.54. The Labute approximate surface area is 94.1 Å². The first-order valence-electron chi connectivity index (χ1n) is 5.14. The lowest BCUT2D eigenvalue weighted by molar-refractivity contribution is 0.101. The fourth-order valence-electron chi connectivity index (χ4n) is 1.70. The summed E-state index contributed by atoms with van der Waals surface area (Å²) in [7, 11) is 0. The minimum Gasteiger partial charge on any atom is -0.360 e. The van der Waals surface area contributed by atoms with Crippen LogP contribution in [0.4, 0.5) is 0 Å². The van der Waals surface area contributed by atoms with Crippen molar-refractivity contribution < 1.29 is 9.32 Å². The molecule has 0 bridgehead atoms. The largest absolute Gasteiger partial charge is 0.360 e. The van der Waals surface area contributed by atoms with Crippen molar-refractivity contribution in [2.45, 2.75) is 20.8 Å². The number of carbonyl (C=O) groups is 1. The van der Waals surface area contributed by atoms with Crippen LogP contribution in [-0.2, 0) is 0 Å². The predicted octanol–water partition coefficient (Wildman–Crippen LogP) is 3.16. The average Bonchev–Trinajstić information content (AvgIpc) is 2.61. The highest BCUT2D eigenvalue weighted by Crippen LogP contribution is 2.25. The van der Waals surface area contributed by atoms with Gasteiger partial charge in [0.2, 0.25) is 0 Å². The Balaban J connectivity index is 2.56. The molecule has 2 rings (SSSR count). The van der Waals surface area contributed by atoms with Crippen LogP contribution in [0.25, 0.3) is 11.3 Å². The molecule has 0 fully saturated rings. The molecule has 0 aliphatic rings. The highest BCUT2D eigenvalue weighted by atomic mass is 16.5. The lowest BCUT2D eigenvalue weighted by atomic mass is 10.0. The number of aromatic nitrogens is 1. The van der Waals surface area contributed by atoms with E-state index in [-0.39, 0.29) is 5.78 Å². The van der Waals surface area contributed by atoms with Gasteiger partial charge < -0.3 is 4.52 Å². The third kappa shape index (κ3) is 1.76. The maximum absolute atomic E-state index is 11.5. The standard InChI is InChI=1S/C13H13NO2/c1-8-4-6-11(7-5-8)13-12(9(2)15)10(3)16-14-13/h4-7H,1-3H3. The first kappa shape index (κ1) is 10.6. The Morgan fingerprint density at radius 3 is 2.38 bits per heavy atom. The summed E-state index contributed by atoms with van der Waals surface area (Å²) in [6.07, 6.45) is 0. The molecule has 16 heavy (non-hydrogen) atoms. The third-order valence-electron chi connectivity index (χ3n) is 2.54. The van der Waals surface area contributed by atoms with Crippen LogP contribution in [0, 0.1) is 13.8 Å². The second kappa shape index (κ2) is 3.93. The van der Waals surface area contributed by atoms with Gasteiger partial charge in [0, 0.05) is 5.56 Å². The lowest BCUT2D eigenvalue weighted by Gasteiger charge is -1.99. The normalized spacial score (nSPS) is 10.4. The number of rotatable bonds is 2. The van der Waals surface area contributed by atoms with E-state index in [1.807, 2.05) is 31.2 Å². The van der Waals surface area contributed by atoms with Crippen molar-refractivity contribution in [1.82, 2.24) is 5.16 Å². The van der Waals surface area contributed by atoms with E-state index in [1.165, 1.54) is 12.5 Å². The molecule has 0 saturated carbocycles. The molecular weight excluding hydrogens is 202 g/mol. The van der Waals surface area contributed by atoms with E-state index in [4.69, 9.17) is 4.52 Å². The Bertz CT molecular complexity index is 523. The van der Waals surface area contributed by atoms with Crippen molar-refractivity contribution in [3.8, 4) is 11.3 Å². The second-order valence-electron chi connectivity index (χ2n) is 3.88. The summed E-state index contributed by atoms with van der Waals surface area (Å²) in [6.45, 7) is 5.29. The van der Waals surface area contributed by atoms with Gasteiger partial charge in [0.1, 0.15) is 11.5 Å². The molecule has 0 spiro atoms. The molecule has 0 aliphatic heterocycles. The average molecular weight is 215 g/mol. The van der Waals surface area contributed by atoms with E-state index in [0.717, 1.165) is 5.56 Å². The Hall–Kier alpha value is -1.90. The van der Waals surface area contributed by atoms with Crippen molar-refractivity contribution >= 4 is 5.78 Å². The fraction of sp³-hybridized carbons (Fsp3) is 0.231. The van der Waals surface area contributed by atoms with Crippen molar-refractivity contribution in [3.05, 3.63) is 41.2 Å². The number of carbonyl (C=O) groups excluding carboxylic acids is 1. The van der Waals surface area contributed by atoms with Crippen molar-refractivity contribution in [2.24, 2.45) is 0 Å². The highest BCUT2D eigenvalue weighted by molar-refractivity contribution is 6.00. The van der Waals surface area contributed by atoms with Crippen molar-refractivity contribution in [1.29, 1.82) is 0 Å². The van der Waals surface area contributed by atoms with Gasteiger partial charge in [-0.15, -0.1) is 0 Å². The summed E-state index contributed by atoms with van der Waals surface area (Å²) in [4.78, 5) is 11.5. The monoisotopic (exact) mass is 215 g/mol.